The van der Waals surface area contributed by atoms with Crippen LogP contribution in [0.5, 0.6) is 0 Å². The monoisotopic (exact) mass is 340 g/mol. The van der Waals surface area contributed by atoms with Gasteiger partial charge in [-0.05, 0) is 12.1 Å². The number of carbonyl (C=O) groups excluding carboxylic acids is 4. The van der Waals surface area contributed by atoms with Crippen LogP contribution in [0, 0.1) is 5.82 Å². The average Bonchev–Trinajstić information content (AvgIpc) is 2.85. The van der Waals surface area contributed by atoms with Crippen molar-refractivity contribution in [3.63, 3.8) is 0 Å². The van der Waals surface area contributed by atoms with Gasteiger partial charge < -0.3 is 10.1 Å². The maximum Gasteiger partial charge on any atom is 0.341 e. The van der Waals surface area contributed by atoms with E-state index in [-0.39, 0.29) is 35.6 Å². The maximum atomic E-state index is 13.3. The molecule has 0 radical (unpaired) electrons. The summed E-state index contributed by atoms with van der Waals surface area (Å²) in [6, 6.07) is 5.26. The Bertz CT molecular complexity index is 636. The number of rotatable bonds is 6. The van der Waals surface area contributed by atoms with Gasteiger partial charge in [0.1, 0.15) is 5.82 Å². The lowest BCUT2D eigenvalue weighted by Gasteiger charge is -2.13. The molecule has 1 fully saturated rings. The Morgan fingerprint density at radius 2 is 2.04 bits per heavy atom. The van der Waals surface area contributed by atoms with E-state index in [1.165, 1.54) is 18.2 Å². The number of hydrogen-bond acceptors (Lipinski definition) is 6. The second-order valence-corrected chi connectivity index (χ2v) is 5.43. The molecule has 0 aliphatic carbocycles. The number of nitrogens with zero attached hydrogens (tertiary/aromatic N) is 1. The normalized spacial score (nSPS) is 14.0. The highest BCUT2D eigenvalue weighted by atomic mass is 32.2. The van der Waals surface area contributed by atoms with E-state index in [0.717, 1.165) is 22.7 Å². The Labute approximate surface area is 135 Å². The second-order valence-electron chi connectivity index (χ2n) is 4.51. The zero-order chi connectivity index (χ0) is 16.8. The number of ether oxygens (including phenoxy) is 1. The van der Waals surface area contributed by atoms with Crippen molar-refractivity contribution in [1.82, 2.24) is 10.2 Å². The number of esters is 1. The zero-order valence-corrected chi connectivity index (χ0v) is 12.7. The molecule has 1 N–H and O–H groups in total. The van der Waals surface area contributed by atoms with E-state index in [1.807, 2.05) is 0 Å². The van der Waals surface area contributed by atoms with Crippen LogP contribution in [0.2, 0.25) is 0 Å². The van der Waals surface area contributed by atoms with E-state index in [9.17, 15) is 23.6 Å². The van der Waals surface area contributed by atoms with E-state index >= 15 is 0 Å². The zero-order valence-electron chi connectivity index (χ0n) is 11.9. The molecular formula is C14H13FN2O5S. The Kier molecular flexibility index (Phi) is 5.69. The molecule has 3 amide bonds. The van der Waals surface area contributed by atoms with Gasteiger partial charge in [0.15, 0.2) is 6.61 Å². The predicted octanol–water partition coefficient (Wildman–Crippen LogP) is 0.794. The fourth-order valence-corrected chi connectivity index (χ4v) is 2.54. The first-order valence-electron chi connectivity index (χ1n) is 6.64. The molecule has 2 rings (SSSR count). The summed E-state index contributed by atoms with van der Waals surface area (Å²) in [5.74, 6) is -2.49. The van der Waals surface area contributed by atoms with Crippen LogP contribution in [0.15, 0.2) is 24.3 Å². The molecule has 9 heteroatoms. The lowest BCUT2D eigenvalue weighted by Crippen LogP contribution is -2.38. The van der Waals surface area contributed by atoms with Crippen LogP contribution in [0.4, 0.5) is 9.18 Å². The predicted molar refractivity (Wildman–Crippen MR) is 79.3 cm³/mol. The van der Waals surface area contributed by atoms with Crippen molar-refractivity contribution in [2.75, 3.05) is 25.4 Å². The third kappa shape index (κ3) is 4.52. The Balaban J connectivity index is 1.71. The van der Waals surface area contributed by atoms with Crippen LogP contribution in [0.3, 0.4) is 0 Å². The number of amides is 3. The fraction of sp³-hybridized carbons (Fsp3) is 0.286. The molecule has 0 saturated carbocycles. The highest BCUT2D eigenvalue weighted by Gasteiger charge is 2.29. The van der Waals surface area contributed by atoms with E-state index < -0.39 is 24.3 Å². The molecule has 122 valence electrons. The molecule has 7 nitrogen and oxygen atoms in total. The molecule has 23 heavy (non-hydrogen) atoms. The minimum absolute atomic E-state index is 0.0497. The van der Waals surface area contributed by atoms with Crippen molar-refractivity contribution in [3.05, 3.63) is 35.6 Å². The third-order valence-corrected chi connectivity index (χ3v) is 3.78. The van der Waals surface area contributed by atoms with Gasteiger partial charge in [-0.25, -0.2) is 9.18 Å². The van der Waals surface area contributed by atoms with E-state index in [0.29, 0.717) is 0 Å². The van der Waals surface area contributed by atoms with Crippen LogP contribution in [-0.2, 0) is 14.3 Å². The molecular weight excluding hydrogens is 327 g/mol. The second kappa shape index (κ2) is 7.73. The standard InChI is InChI=1S/C14H13FN2O5S/c15-10-4-2-1-3-9(10)13(20)22-7-11(18)16-5-6-17-12(19)8-23-14(17)21/h1-4H,5-8H2,(H,16,18). The lowest BCUT2D eigenvalue weighted by atomic mass is 10.2. The van der Waals surface area contributed by atoms with Crippen LogP contribution in [0.25, 0.3) is 0 Å². The summed E-state index contributed by atoms with van der Waals surface area (Å²) in [5, 5.41) is 2.06. The molecule has 1 saturated heterocycles. The molecule has 1 aromatic rings. The van der Waals surface area contributed by atoms with Gasteiger partial charge in [0.05, 0.1) is 11.3 Å². The van der Waals surface area contributed by atoms with Gasteiger partial charge in [-0.15, -0.1) is 0 Å². The van der Waals surface area contributed by atoms with Crippen LogP contribution in [-0.4, -0.2) is 53.4 Å². The van der Waals surface area contributed by atoms with Gasteiger partial charge in [0.25, 0.3) is 11.1 Å². The first kappa shape index (κ1) is 16.9. The largest absolute Gasteiger partial charge is 0.452 e. The molecule has 1 heterocycles. The highest BCUT2D eigenvalue weighted by molar-refractivity contribution is 8.14. The fourth-order valence-electron chi connectivity index (χ4n) is 1.79. The van der Waals surface area contributed by atoms with Crippen molar-refractivity contribution >= 4 is 34.8 Å². The Morgan fingerprint density at radius 3 is 2.70 bits per heavy atom. The summed E-state index contributed by atoms with van der Waals surface area (Å²) >= 11 is 0.905. The highest BCUT2D eigenvalue weighted by Crippen LogP contribution is 2.17. The number of benzene rings is 1. The van der Waals surface area contributed by atoms with Crippen LogP contribution in [0.1, 0.15) is 10.4 Å². The number of hydrogen-bond donors (Lipinski definition) is 1. The smallest absolute Gasteiger partial charge is 0.341 e. The maximum absolute atomic E-state index is 13.3. The number of thioether (sulfide) groups is 1. The number of carbonyl (C=O) groups is 4. The Hall–Kier alpha value is -2.42. The van der Waals surface area contributed by atoms with E-state index in [2.05, 4.69) is 5.32 Å². The minimum Gasteiger partial charge on any atom is -0.452 e. The topological polar surface area (TPSA) is 92.8 Å². The van der Waals surface area contributed by atoms with Crippen LogP contribution < -0.4 is 5.32 Å². The molecule has 0 atom stereocenters. The quantitative estimate of drug-likeness (QED) is 0.770. The summed E-state index contributed by atoms with van der Waals surface area (Å²) in [5.41, 5.74) is -0.259. The number of halogens is 1. The van der Waals surface area contributed by atoms with Gasteiger partial charge in [0, 0.05) is 13.1 Å². The molecule has 1 aromatic carbocycles. The van der Waals surface area contributed by atoms with Crippen molar-refractivity contribution in [3.8, 4) is 0 Å². The SMILES string of the molecule is O=C(COC(=O)c1ccccc1F)NCCN1C(=O)CSC1=O. The number of nitrogens with one attached hydrogen (secondary N) is 1. The van der Waals surface area contributed by atoms with Gasteiger partial charge in [0.2, 0.25) is 5.91 Å². The molecule has 0 aromatic heterocycles. The van der Waals surface area contributed by atoms with E-state index in [4.69, 9.17) is 4.74 Å². The average molecular weight is 340 g/mol. The first-order chi connectivity index (χ1) is 11.0. The van der Waals surface area contributed by atoms with Crippen molar-refractivity contribution in [2.45, 2.75) is 0 Å². The summed E-state index contributed by atoms with van der Waals surface area (Å²) in [6.07, 6.45) is 0. The molecule has 0 unspecified atom stereocenters. The number of imide groups is 1. The van der Waals surface area contributed by atoms with Gasteiger partial charge in [-0.3, -0.25) is 19.3 Å². The van der Waals surface area contributed by atoms with Crippen molar-refractivity contribution < 1.29 is 28.3 Å². The van der Waals surface area contributed by atoms with Gasteiger partial charge in [-0.2, -0.15) is 0 Å². The minimum atomic E-state index is -0.945. The molecule has 0 bridgehead atoms. The van der Waals surface area contributed by atoms with E-state index in [1.54, 1.807) is 0 Å². The van der Waals surface area contributed by atoms with Crippen molar-refractivity contribution in [2.24, 2.45) is 0 Å². The summed E-state index contributed by atoms with van der Waals surface area (Å²) in [7, 11) is 0. The van der Waals surface area contributed by atoms with Crippen molar-refractivity contribution in [1.29, 1.82) is 0 Å². The lowest BCUT2D eigenvalue weighted by molar-refractivity contribution is -0.126. The summed E-state index contributed by atoms with van der Waals surface area (Å²) in [6.45, 7) is -0.477. The molecule has 0 spiro atoms. The summed E-state index contributed by atoms with van der Waals surface area (Å²) < 4.78 is 18.0. The van der Waals surface area contributed by atoms with Gasteiger partial charge >= 0.3 is 5.97 Å². The molecule has 1 aliphatic rings. The van der Waals surface area contributed by atoms with Crippen LogP contribution >= 0.6 is 11.8 Å². The van der Waals surface area contributed by atoms with Gasteiger partial charge in [-0.1, -0.05) is 23.9 Å². The Morgan fingerprint density at radius 1 is 1.30 bits per heavy atom. The first-order valence-corrected chi connectivity index (χ1v) is 7.63. The summed E-state index contributed by atoms with van der Waals surface area (Å²) in [4.78, 5) is 46.8. The molecule has 1 aliphatic heterocycles. The third-order valence-electron chi connectivity index (χ3n) is 2.93.